The number of ether oxygens (including phenoxy) is 2. The minimum Gasteiger partial charge on any atom is -0.479 e. The van der Waals surface area contributed by atoms with E-state index >= 15 is 0 Å². The Kier molecular flexibility index (Phi) is 5.27. The van der Waals surface area contributed by atoms with Gasteiger partial charge in [-0.2, -0.15) is 13.2 Å². The molecular formula is C14H15F3N2O5. The summed E-state index contributed by atoms with van der Waals surface area (Å²) in [7, 11) is 0. The molecule has 1 fully saturated rings. The van der Waals surface area contributed by atoms with Gasteiger partial charge in [-0.3, -0.25) is 4.79 Å². The number of aromatic nitrogens is 1. The van der Waals surface area contributed by atoms with Crippen molar-refractivity contribution in [1.82, 2.24) is 9.88 Å². The summed E-state index contributed by atoms with van der Waals surface area (Å²) in [6, 6.07) is 2.41. The third-order valence-corrected chi connectivity index (χ3v) is 3.19. The van der Waals surface area contributed by atoms with Gasteiger partial charge in [0.1, 0.15) is 0 Å². The van der Waals surface area contributed by atoms with Crippen LogP contribution >= 0.6 is 0 Å². The molecule has 1 aliphatic heterocycles. The molecule has 2 rings (SSSR count). The Labute approximate surface area is 135 Å². The first-order valence-electron chi connectivity index (χ1n) is 6.99. The number of nitrogens with zero attached hydrogens (tertiary/aromatic N) is 2. The molecule has 132 valence electrons. The van der Waals surface area contributed by atoms with Gasteiger partial charge in [-0.25, -0.2) is 9.78 Å². The molecule has 24 heavy (non-hydrogen) atoms. The Morgan fingerprint density at radius 3 is 2.79 bits per heavy atom. The van der Waals surface area contributed by atoms with E-state index in [0.29, 0.717) is 0 Å². The lowest BCUT2D eigenvalue weighted by atomic mass is 10.1. The molecule has 1 aliphatic rings. The number of amides is 1. The smallest absolute Gasteiger partial charge is 0.422 e. The molecule has 1 amide bonds. The standard InChI is InChI=1S/C14H15F3N2O5/c1-8-5-19(6-10(24-8)13(21)22)12(20)9-2-3-18-11(4-9)23-7-14(15,16)17/h2-4,8,10H,5-7H2,1H3,(H,21,22)/t8-,10?/m1/s1. The van der Waals surface area contributed by atoms with Gasteiger partial charge in [0.25, 0.3) is 5.91 Å². The van der Waals surface area contributed by atoms with Crippen LogP contribution in [0.3, 0.4) is 0 Å². The molecule has 0 bridgehead atoms. The maximum absolute atomic E-state index is 12.4. The van der Waals surface area contributed by atoms with Crippen molar-refractivity contribution in [2.45, 2.75) is 25.3 Å². The Morgan fingerprint density at radius 1 is 1.46 bits per heavy atom. The topological polar surface area (TPSA) is 89.0 Å². The molecule has 1 aromatic rings. The van der Waals surface area contributed by atoms with Crippen molar-refractivity contribution in [3.8, 4) is 5.88 Å². The molecule has 0 aromatic carbocycles. The van der Waals surface area contributed by atoms with E-state index in [1.165, 1.54) is 11.0 Å². The molecule has 1 aromatic heterocycles. The molecule has 2 heterocycles. The molecule has 0 spiro atoms. The number of hydrogen-bond acceptors (Lipinski definition) is 5. The highest BCUT2D eigenvalue weighted by Crippen LogP contribution is 2.19. The Balaban J connectivity index is 2.10. The summed E-state index contributed by atoms with van der Waals surface area (Å²) in [6.07, 6.45) is -5.00. The Hall–Kier alpha value is -2.36. The molecule has 10 heteroatoms. The number of aliphatic carboxylic acids is 1. The largest absolute Gasteiger partial charge is 0.479 e. The second-order valence-electron chi connectivity index (χ2n) is 5.27. The van der Waals surface area contributed by atoms with Gasteiger partial charge in [-0.1, -0.05) is 0 Å². The van der Waals surface area contributed by atoms with Crippen molar-refractivity contribution in [1.29, 1.82) is 0 Å². The van der Waals surface area contributed by atoms with Crippen LogP contribution in [0.1, 0.15) is 17.3 Å². The van der Waals surface area contributed by atoms with Crippen molar-refractivity contribution < 1.29 is 37.3 Å². The average Bonchev–Trinajstić information content (AvgIpc) is 2.51. The van der Waals surface area contributed by atoms with Gasteiger partial charge in [0, 0.05) is 24.4 Å². The van der Waals surface area contributed by atoms with E-state index in [2.05, 4.69) is 9.72 Å². The first kappa shape index (κ1) is 18.0. The summed E-state index contributed by atoms with van der Waals surface area (Å²) in [6.45, 7) is 0.121. The van der Waals surface area contributed by atoms with E-state index in [9.17, 15) is 22.8 Å². The molecule has 0 radical (unpaired) electrons. The van der Waals surface area contributed by atoms with Gasteiger partial charge in [-0.15, -0.1) is 0 Å². The van der Waals surface area contributed by atoms with Crippen LogP contribution in [0.5, 0.6) is 5.88 Å². The van der Waals surface area contributed by atoms with Gasteiger partial charge in [0.15, 0.2) is 12.7 Å². The quantitative estimate of drug-likeness (QED) is 0.883. The van der Waals surface area contributed by atoms with E-state index in [1.54, 1.807) is 6.92 Å². The summed E-state index contributed by atoms with van der Waals surface area (Å²) in [5, 5.41) is 9.02. The second-order valence-corrected chi connectivity index (χ2v) is 5.27. The highest BCUT2D eigenvalue weighted by atomic mass is 19.4. The van der Waals surface area contributed by atoms with E-state index in [1.807, 2.05) is 0 Å². The van der Waals surface area contributed by atoms with E-state index in [0.717, 1.165) is 12.3 Å². The summed E-state index contributed by atoms with van der Waals surface area (Å²) >= 11 is 0. The lowest BCUT2D eigenvalue weighted by Gasteiger charge is -2.35. The van der Waals surface area contributed by atoms with E-state index in [-0.39, 0.29) is 24.5 Å². The number of hydrogen-bond donors (Lipinski definition) is 1. The first-order valence-corrected chi connectivity index (χ1v) is 6.99. The van der Waals surface area contributed by atoms with Gasteiger partial charge in [0.2, 0.25) is 5.88 Å². The predicted molar refractivity (Wildman–Crippen MR) is 73.7 cm³/mol. The second kappa shape index (κ2) is 7.04. The van der Waals surface area contributed by atoms with Crippen molar-refractivity contribution in [3.63, 3.8) is 0 Å². The monoisotopic (exact) mass is 348 g/mol. The van der Waals surface area contributed by atoms with E-state index < -0.39 is 36.9 Å². The van der Waals surface area contributed by atoms with Gasteiger partial charge in [-0.05, 0) is 13.0 Å². The number of halogens is 3. The minimum atomic E-state index is -4.52. The summed E-state index contributed by atoms with van der Waals surface area (Å²) < 4.78 is 46.2. The highest BCUT2D eigenvalue weighted by Gasteiger charge is 2.33. The minimum absolute atomic E-state index is 0.0559. The van der Waals surface area contributed by atoms with Crippen molar-refractivity contribution in [2.24, 2.45) is 0 Å². The van der Waals surface area contributed by atoms with Crippen LogP contribution in [0.4, 0.5) is 13.2 Å². The number of alkyl halides is 3. The van der Waals surface area contributed by atoms with Crippen LogP contribution in [-0.2, 0) is 9.53 Å². The molecule has 0 saturated carbocycles. The third kappa shape index (κ3) is 4.82. The normalized spacial score (nSPS) is 21.4. The number of carboxylic acids is 1. The SMILES string of the molecule is C[C@@H]1CN(C(=O)c2ccnc(OCC(F)(F)F)c2)CC(C(=O)O)O1. The maximum atomic E-state index is 12.4. The Bertz CT molecular complexity index is 623. The first-order chi connectivity index (χ1) is 11.2. The summed E-state index contributed by atoms with van der Waals surface area (Å²) in [5.41, 5.74) is 0.0559. The van der Waals surface area contributed by atoms with Gasteiger partial charge < -0.3 is 19.5 Å². The zero-order valence-corrected chi connectivity index (χ0v) is 12.6. The van der Waals surface area contributed by atoms with Crippen LogP contribution in [0.25, 0.3) is 0 Å². The predicted octanol–water partition coefficient (Wildman–Crippen LogP) is 1.34. The number of pyridine rings is 1. The zero-order valence-electron chi connectivity index (χ0n) is 12.6. The maximum Gasteiger partial charge on any atom is 0.422 e. The fourth-order valence-electron chi connectivity index (χ4n) is 2.21. The highest BCUT2D eigenvalue weighted by molar-refractivity contribution is 5.94. The lowest BCUT2D eigenvalue weighted by Crippen LogP contribution is -2.51. The summed E-state index contributed by atoms with van der Waals surface area (Å²) in [5.74, 6) is -2.06. The molecule has 1 N–H and O–H groups in total. The van der Waals surface area contributed by atoms with Crippen LogP contribution in [0, 0.1) is 0 Å². The molecule has 2 atom stereocenters. The molecule has 7 nitrogen and oxygen atoms in total. The fourth-order valence-corrected chi connectivity index (χ4v) is 2.21. The zero-order chi connectivity index (χ0) is 17.9. The fraction of sp³-hybridized carbons (Fsp3) is 0.500. The van der Waals surface area contributed by atoms with Crippen LogP contribution in [0.15, 0.2) is 18.3 Å². The molecule has 1 unspecified atom stereocenters. The van der Waals surface area contributed by atoms with Crippen molar-refractivity contribution in [3.05, 3.63) is 23.9 Å². The van der Waals surface area contributed by atoms with Crippen molar-refractivity contribution >= 4 is 11.9 Å². The third-order valence-electron chi connectivity index (χ3n) is 3.19. The van der Waals surface area contributed by atoms with Crippen molar-refractivity contribution in [2.75, 3.05) is 19.7 Å². The molecule has 0 aliphatic carbocycles. The van der Waals surface area contributed by atoms with Crippen LogP contribution in [-0.4, -0.2) is 64.9 Å². The molecule has 1 saturated heterocycles. The van der Waals surface area contributed by atoms with Gasteiger partial charge in [0.05, 0.1) is 12.6 Å². The van der Waals surface area contributed by atoms with E-state index in [4.69, 9.17) is 9.84 Å². The number of carbonyl (C=O) groups is 2. The average molecular weight is 348 g/mol. The number of morpholine rings is 1. The van der Waals surface area contributed by atoms with Crippen LogP contribution < -0.4 is 4.74 Å². The Morgan fingerprint density at radius 2 is 2.17 bits per heavy atom. The number of carbonyl (C=O) groups excluding carboxylic acids is 1. The number of carboxylic acid groups (broad SMARTS) is 1. The summed E-state index contributed by atoms with van der Waals surface area (Å²) in [4.78, 5) is 28.4. The lowest BCUT2D eigenvalue weighted by molar-refractivity contribution is -0.160. The van der Waals surface area contributed by atoms with Crippen LogP contribution in [0.2, 0.25) is 0 Å². The number of rotatable bonds is 4. The van der Waals surface area contributed by atoms with Gasteiger partial charge >= 0.3 is 12.1 Å². The molecular weight excluding hydrogens is 333 g/mol.